The fourth-order valence-electron chi connectivity index (χ4n) is 8.35. The van der Waals surface area contributed by atoms with Crippen molar-refractivity contribution in [2.24, 2.45) is 4.40 Å². The number of para-hydroxylation sites is 3. The molecule has 3 heterocycles. The van der Waals surface area contributed by atoms with Crippen LogP contribution in [-0.2, 0) is 0 Å². The van der Waals surface area contributed by atoms with Crippen LogP contribution in [0.15, 0.2) is 186 Å². The zero-order chi connectivity index (χ0) is 40.2. The maximum atomic E-state index is 9.48. The van der Waals surface area contributed by atoms with Gasteiger partial charge < -0.3 is 4.57 Å². The molecule has 1 N–H and O–H groups in total. The lowest BCUT2D eigenvalue weighted by atomic mass is 9.82. The van der Waals surface area contributed by atoms with Gasteiger partial charge in [0, 0.05) is 60.8 Å². The molecule has 60 heavy (non-hydrogen) atoms. The number of thiol groups is 1. The second kappa shape index (κ2) is 14.5. The maximum Gasteiger partial charge on any atom is 0.164 e. The molecule has 10 aromatic rings. The topological polar surface area (TPSA) is 92.7 Å². The molecule has 0 radical (unpaired) electrons. The predicted octanol–water partition coefficient (Wildman–Crippen LogP) is 12.4. The van der Waals surface area contributed by atoms with Crippen molar-refractivity contribution in [3.8, 4) is 51.1 Å². The van der Waals surface area contributed by atoms with E-state index in [2.05, 4.69) is 113 Å². The van der Waals surface area contributed by atoms with Crippen LogP contribution in [0, 0.1) is 5.41 Å². The molecule has 0 unspecified atom stereocenters. The van der Waals surface area contributed by atoms with E-state index < -0.39 is 0 Å². The number of benzene rings is 7. The number of nitrogens with one attached hydrogen (secondary N) is 1. The van der Waals surface area contributed by atoms with E-state index in [4.69, 9.17) is 19.9 Å². The first-order chi connectivity index (χ1) is 29.6. The highest BCUT2D eigenvalue weighted by molar-refractivity contribution is 7.79. The highest BCUT2D eigenvalue weighted by Crippen LogP contribution is 2.39. The standard InChI is InChI=1S/C52H33N7S/c53-47-46-40-19-7-10-20-43(40)54-48(33-13-3-1-4-14-33)42(46)31-41(49(47)58-60)32-23-25-35(26-24-32)51-55-50(34-15-5-2-6-16-34)56-52(57-51)36-27-29-37(30-28-36)59-44-21-11-8-17-38(44)39-18-9-12-22-45(39)59/h1-31,53,60H/b53-47?,58-49-. The van der Waals surface area contributed by atoms with Gasteiger partial charge in [0.1, 0.15) is 5.71 Å². The smallest absolute Gasteiger partial charge is 0.164 e. The van der Waals surface area contributed by atoms with Gasteiger partial charge in [-0.1, -0.05) is 140 Å². The number of nitrogens with zero attached hydrogens (tertiary/aromatic N) is 6. The minimum Gasteiger partial charge on any atom is -0.309 e. The Morgan fingerprint density at radius 2 is 0.917 bits per heavy atom. The van der Waals surface area contributed by atoms with Crippen molar-refractivity contribution in [1.82, 2.24) is 24.5 Å². The molecule has 1 aliphatic rings. The first-order valence-corrected chi connectivity index (χ1v) is 20.1. The Hall–Kier alpha value is -7.81. The highest BCUT2D eigenvalue weighted by atomic mass is 32.1. The van der Waals surface area contributed by atoms with Crippen LogP contribution < -0.4 is 0 Å². The van der Waals surface area contributed by atoms with Gasteiger partial charge in [0.15, 0.2) is 17.5 Å². The van der Waals surface area contributed by atoms with E-state index in [0.29, 0.717) is 28.9 Å². The minimum absolute atomic E-state index is 0.302. The first-order valence-electron chi connectivity index (χ1n) is 19.7. The van der Waals surface area contributed by atoms with Gasteiger partial charge in [0.05, 0.1) is 28.0 Å². The summed E-state index contributed by atoms with van der Waals surface area (Å²) in [7, 11) is 0. The molecule has 0 saturated heterocycles. The van der Waals surface area contributed by atoms with E-state index in [-0.39, 0.29) is 0 Å². The predicted molar refractivity (Wildman–Crippen MR) is 249 cm³/mol. The molecule has 0 atom stereocenters. The van der Waals surface area contributed by atoms with Crippen LogP contribution in [0.2, 0.25) is 0 Å². The van der Waals surface area contributed by atoms with Crippen molar-refractivity contribution in [3.63, 3.8) is 0 Å². The summed E-state index contributed by atoms with van der Waals surface area (Å²) >= 11 is 4.40. The van der Waals surface area contributed by atoms with Gasteiger partial charge in [0.2, 0.25) is 0 Å². The maximum absolute atomic E-state index is 9.48. The van der Waals surface area contributed by atoms with Gasteiger partial charge in [-0.25, -0.2) is 24.3 Å². The molecule has 0 saturated carbocycles. The normalized spacial score (nSPS) is 13.2. The molecule has 1 aliphatic carbocycles. The zero-order valence-corrected chi connectivity index (χ0v) is 32.9. The fraction of sp³-hybridized carbons (Fsp3) is 0. The Labute approximate surface area is 351 Å². The average Bonchev–Trinajstić information content (AvgIpc) is 3.66. The van der Waals surface area contributed by atoms with Gasteiger partial charge in [-0.15, -0.1) is 0 Å². The largest absolute Gasteiger partial charge is 0.309 e. The third-order valence-corrected chi connectivity index (χ3v) is 11.4. The van der Waals surface area contributed by atoms with E-state index >= 15 is 0 Å². The fourth-order valence-corrected chi connectivity index (χ4v) is 8.56. The molecule has 8 heteroatoms. The summed E-state index contributed by atoms with van der Waals surface area (Å²) in [5.41, 5.74) is 12.7. The number of fused-ring (bicyclic) bond motifs is 6. The zero-order valence-electron chi connectivity index (χ0n) is 32.0. The van der Waals surface area contributed by atoms with E-state index in [1.54, 1.807) is 0 Å². The summed E-state index contributed by atoms with van der Waals surface area (Å²) in [6, 6.07) is 61.6. The number of allylic oxidation sites excluding steroid dienone is 1. The van der Waals surface area contributed by atoms with E-state index in [1.165, 1.54) is 10.8 Å². The van der Waals surface area contributed by atoms with Gasteiger partial charge in [0.25, 0.3) is 0 Å². The van der Waals surface area contributed by atoms with Gasteiger partial charge in [-0.2, -0.15) is 0 Å². The summed E-state index contributed by atoms with van der Waals surface area (Å²) in [6.07, 6.45) is 2.09. The average molecular weight is 788 g/mol. The van der Waals surface area contributed by atoms with Crippen molar-refractivity contribution >= 4 is 68.6 Å². The lowest BCUT2D eigenvalue weighted by Crippen LogP contribution is -2.22. The lowest BCUT2D eigenvalue weighted by Gasteiger charge is -2.23. The molecule has 0 aliphatic heterocycles. The van der Waals surface area contributed by atoms with Crippen molar-refractivity contribution in [1.29, 1.82) is 5.41 Å². The Balaban J connectivity index is 1.00. The molecule has 7 aromatic carbocycles. The van der Waals surface area contributed by atoms with Crippen molar-refractivity contribution < 1.29 is 0 Å². The summed E-state index contributed by atoms with van der Waals surface area (Å²) in [4.78, 5) is 20.2. The quantitative estimate of drug-likeness (QED) is 0.164. The number of hydrogen-bond acceptors (Lipinski definition) is 7. The summed E-state index contributed by atoms with van der Waals surface area (Å²) < 4.78 is 6.68. The summed E-state index contributed by atoms with van der Waals surface area (Å²) in [6.45, 7) is 0. The van der Waals surface area contributed by atoms with Crippen LogP contribution in [0.3, 0.4) is 0 Å². The van der Waals surface area contributed by atoms with E-state index in [1.807, 2.05) is 97.1 Å². The van der Waals surface area contributed by atoms with Gasteiger partial charge in [-0.05, 0) is 66.9 Å². The summed E-state index contributed by atoms with van der Waals surface area (Å²) in [5.74, 6) is 1.72. The first kappa shape index (κ1) is 35.4. The monoisotopic (exact) mass is 787 g/mol. The van der Waals surface area contributed by atoms with Crippen LogP contribution >= 0.6 is 12.8 Å². The molecule has 3 aromatic heterocycles. The highest BCUT2D eigenvalue weighted by Gasteiger charge is 2.29. The molecule has 11 rings (SSSR count). The third kappa shape index (κ3) is 5.92. The van der Waals surface area contributed by atoms with Crippen molar-refractivity contribution in [2.45, 2.75) is 0 Å². The van der Waals surface area contributed by atoms with E-state index in [9.17, 15) is 5.41 Å². The summed E-state index contributed by atoms with van der Waals surface area (Å²) in [5, 5.41) is 12.8. The molecule has 0 fully saturated rings. The molecule has 0 bridgehead atoms. The Morgan fingerprint density at radius 3 is 1.50 bits per heavy atom. The number of pyridine rings is 1. The molecule has 0 spiro atoms. The molecule has 7 nitrogen and oxygen atoms in total. The van der Waals surface area contributed by atoms with E-state index in [0.717, 1.165) is 77.8 Å². The number of aromatic nitrogens is 5. The van der Waals surface area contributed by atoms with Crippen LogP contribution in [0.1, 0.15) is 16.7 Å². The minimum atomic E-state index is 0.302. The third-order valence-electron chi connectivity index (χ3n) is 11.2. The van der Waals surface area contributed by atoms with Crippen LogP contribution in [-0.4, -0.2) is 35.9 Å². The molecule has 282 valence electrons. The Kier molecular flexibility index (Phi) is 8.57. The molecular formula is C52H33N7S. The second-order valence-electron chi connectivity index (χ2n) is 14.7. The van der Waals surface area contributed by atoms with Crippen molar-refractivity contribution in [3.05, 3.63) is 199 Å². The Morgan fingerprint density at radius 1 is 0.450 bits per heavy atom. The molecular weight excluding hydrogens is 755 g/mol. The number of hydrogen-bond donors (Lipinski definition) is 2. The molecule has 0 amide bonds. The second-order valence-corrected chi connectivity index (χ2v) is 14.9. The van der Waals surface area contributed by atoms with Crippen molar-refractivity contribution in [2.75, 3.05) is 0 Å². The van der Waals surface area contributed by atoms with Crippen LogP contribution in [0.25, 0.3) is 95.5 Å². The van der Waals surface area contributed by atoms with Gasteiger partial charge in [-0.3, -0.25) is 5.41 Å². The number of rotatable bonds is 6. The lowest BCUT2D eigenvalue weighted by molar-refractivity contribution is 1.07. The Bertz CT molecular complexity index is 3320. The van der Waals surface area contributed by atoms with Gasteiger partial charge >= 0.3 is 0 Å². The van der Waals surface area contributed by atoms with Crippen LogP contribution in [0.5, 0.6) is 0 Å². The van der Waals surface area contributed by atoms with Crippen LogP contribution in [0.4, 0.5) is 0 Å². The SMILES string of the molecule is N=C1/C(=N\S)C(c2ccc(-c3nc(-c4ccccc4)nc(-c4ccc(-n5c6ccccc6c6ccccc65)cc4)n3)cc2)=Cc2c(-c3ccccc3)nc3ccccc3c21.